The molecule has 176 valence electrons. The zero-order valence-electron chi connectivity index (χ0n) is 19.5. The Hall–Kier alpha value is -2.86. The molecule has 2 amide bonds. The maximum absolute atomic E-state index is 13.2. The molecule has 2 aromatic carbocycles. The van der Waals surface area contributed by atoms with Crippen LogP contribution in [0.4, 0.5) is 11.4 Å². The summed E-state index contributed by atoms with van der Waals surface area (Å²) in [5, 5.41) is 3.43. The van der Waals surface area contributed by atoms with Crippen LogP contribution in [0.15, 0.2) is 47.5 Å². The van der Waals surface area contributed by atoms with Gasteiger partial charge in [-0.2, -0.15) is 0 Å². The highest BCUT2D eigenvalue weighted by atomic mass is 35.5. The topological polar surface area (TPSA) is 65.0 Å². The van der Waals surface area contributed by atoms with Gasteiger partial charge >= 0.3 is 0 Å². The van der Waals surface area contributed by atoms with Gasteiger partial charge in [0.2, 0.25) is 0 Å². The van der Waals surface area contributed by atoms with Crippen LogP contribution in [0.2, 0.25) is 5.02 Å². The molecule has 0 aromatic heterocycles. The lowest BCUT2D eigenvalue weighted by Gasteiger charge is -2.24. The number of benzene rings is 2. The van der Waals surface area contributed by atoms with Crippen LogP contribution >= 0.6 is 11.6 Å². The second-order valence-corrected chi connectivity index (χ2v) is 8.57. The van der Waals surface area contributed by atoms with Gasteiger partial charge in [0.05, 0.1) is 21.8 Å². The molecule has 0 atom stereocenters. The van der Waals surface area contributed by atoms with Crippen molar-refractivity contribution in [2.45, 2.75) is 39.5 Å². The minimum atomic E-state index is -0.162. The minimum absolute atomic E-state index is 0.0659. The summed E-state index contributed by atoms with van der Waals surface area (Å²) in [4.78, 5) is 34.1. The van der Waals surface area contributed by atoms with Gasteiger partial charge < -0.3 is 15.1 Å². The van der Waals surface area contributed by atoms with Gasteiger partial charge in [-0.15, -0.1) is 0 Å². The Morgan fingerprint density at radius 1 is 1.12 bits per heavy atom. The molecule has 1 heterocycles. The SMILES string of the molecule is C/C=N/c1ccccc1C(=O)NCCCN(CCC)C(=O)c1ccc(N2CCCC2)cc1Cl. The Morgan fingerprint density at radius 2 is 1.88 bits per heavy atom. The highest BCUT2D eigenvalue weighted by molar-refractivity contribution is 6.34. The van der Waals surface area contributed by atoms with Crippen molar-refractivity contribution in [3.63, 3.8) is 0 Å². The number of rotatable bonds is 10. The van der Waals surface area contributed by atoms with Crippen molar-refractivity contribution in [2.75, 3.05) is 37.6 Å². The Bertz CT molecular complexity index is 986. The third-order valence-corrected chi connectivity index (χ3v) is 6.05. The molecule has 1 aliphatic heterocycles. The zero-order valence-corrected chi connectivity index (χ0v) is 20.3. The van der Waals surface area contributed by atoms with Gasteiger partial charge in [-0.25, -0.2) is 0 Å². The van der Waals surface area contributed by atoms with E-state index in [4.69, 9.17) is 11.6 Å². The molecule has 1 fully saturated rings. The van der Waals surface area contributed by atoms with Gasteiger partial charge in [0.15, 0.2) is 0 Å². The zero-order chi connectivity index (χ0) is 23.6. The van der Waals surface area contributed by atoms with E-state index in [1.54, 1.807) is 12.3 Å². The molecule has 1 aliphatic rings. The van der Waals surface area contributed by atoms with Crippen molar-refractivity contribution in [1.29, 1.82) is 0 Å². The van der Waals surface area contributed by atoms with Crippen LogP contribution in [0, 0.1) is 0 Å². The second kappa shape index (κ2) is 12.4. The maximum Gasteiger partial charge on any atom is 0.255 e. The van der Waals surface area contributed by atoms with Gasteiger partial charge in [0.1, 0.15) is 0 Å². The van der Waals surface area contributed by atoms with Crippen LogP contribution in [0.5, 0.6) is 0 Å². The molecule has 2 aromatic rings. The van der Waals surface area contributed by atoms with Crippen molar-refractivity contribution < 1.29 is 9.59 Å². The molecule has 0 spiro atoms. The van der Waals surface area contributed by atoms with Gasteiger partial charge in [-0.05, 0) is 62.9 Å². The summed E-state index contributed by atoms with van der Waals surface area (Å²) in [5.74, 6) is -0.228. The molecule has 0 saturated carbocycles. The standard InChI is InChI=1S/C26H33ClN4O2/c1-3-15-31(18-9-14-29-25(32)22-10-5-6-11-24(22)28-4-2)26(33)21-13-12-20(19-23(21)27)30-16-7-8-17-30/h4-6,10-13,19H,3,7-9,14-18H2,1-2H3,(H,29,32)/b28-4+. The van der Waals surface area contributed by atoms with Crippen LogP contribution in [0.3, 0.4) is 0 Å². The first kappa shape index (κ1) is 24.8. The van der Waals surface area contributed by atoms with Gasteiger partial charge in [0.25, 0.3) is 11.8 Å². The van der Waals surface area contributed by atoms with Gasteiger partial charge in [-0.1, -0.05) is 30.7 Å². The van der Waals surface area contributed by atoms with E-state index in [0.717, 1.165) is 25.2 Å². The molecular formula is C26H33ClN4O2. The quantitative estimate of drug-likeness (QED) is 0.378. The summed E-state index contributed by atoms with van der Waals surface area (Å²) in [7, 11) is 0. The molecule has 1 N–H and O–H groups in total. The van der Waals surface area contributed by atoms with Crippen LogP contribution in [-0.4, -0.2) is 55.7 Å². The lowest BCUT2D eigenvalue weighted by molar-refractivity contribution is 0.0753. The molecule has 0 aliphatic carbocycles. The third-order valence-electron chi connectivity index (χ3n) is 5.74. The van der Waals surface area contributed by atoms with Gasteiger partial charge in [0, 0.05) is 44.6 Å². The van der Waals surface area contributed by atoms with Gasteiger partial charge in [-0.3, -0.25) is 14.6 Å². The van der Waals surface area contributed by atoms with E-state index in [-0.39, 0.29) is 11.8 Å². The highest BCUT2D eigenvalue weighted by Crippen LogP contribution is 2.27. The van der Waals surface area contributed by atoms with E-state index < -0.39 is 0 Å². The molecule has 0 unspecified atom stereocenters. The van der Waals surface area contributed by atoms with E-state index in [1.807, 2.05) is 55.1 Å². The predicted octanol–water partition coefficient (Wildman–Crippen LogP) is 5.33. The maximum atomic E-state index is 13.2. The largest absolute Gasteiger partial charge is 0.371 e. The van der Waals surface area contributed by atoms with Crippen LogP contribution in [0.25, 0.3) is 0 Å². The van der Waals surface area contributed by atoms with Crippen molar-refractivity contribution in [1.82, 2.24) is 10.2 Å². The van der Waals surface area contributed by atoms with E-state index in [0.29, 0.717) is 47.9 Å². The van der Waals surface area contributed by atoms with E-state index in [9.17, 15) is 9.59 Å². The molecule has 1 saturated heterocycles. The number of nitrogens with zero attached hydrogens (tertiary/aromatic N) is 3. The fourth-order valence-electron chi connectivity index (χ4n) is 4.09. The third kappa shape index (κ3) is 6.57. The number of hydrogen-bond donors (Lipinski definition) is 1. The number of carbonyl (C=O) groups excluding carboxylic acids is 2. The number of anilines is 1. The summed E-state index contributed by atoms with van der Waals surface area (Å²) in [6, 6.07) is 13.0. The normalized spacial score (nSPS) is 13.5. The minimum Gasteiger partial charge on any atom is -0.371 e. The molecule has 0 radical (unpaired) electrons. The lowest BCUT2D eigenvalue weighted by atomic mass is 10.1. The van der Waals surface area contributed by atoms with Crippen molar-refractivity contribution in [3.8, 4) is 0 Å². The fourth-order valence-corrected chi connectivity index (χ4v) is 4.34. The molecule has 6 nitrogen and oxygen atoms in total. The van der Waals surface area contributed by atoms with Crippen LogP contribution in [0.1, 0.15) is 60.2 Å². The number of hydrogen-bond acceptors (Lipinski definition) is 4. The highest BCUT2D eigenvalue weighted by Gasteiger charge is 2.20. The van der Waals surface area contributed by atoms with Crippen molar-refractivity contribution >= 4 is 41.0 Å². The molecule has 33 heavy (non-hydrogen) atoms. The van der Waals surface area contributed by atoms with Crippen LogP contribution in [-0.2, 0) is 0 Å². The van der Waals surface area contributed by atoms with Crippen LogP contribution < -0.4 is 10.2 Å². The first-order valence-electron chi connectivity index (χ1n) is 11.7. The Balaban J connectivity index is 1.57. The number of amides is 2. The smallest absolute Gasteiger partial charge is 0.255 e. The van der Waals surface area contributed by atoms with E-state index in [2.05, 4.69) is 15.2 Å². The lowest BCUT2D eigenvalue weighted by Crippen LogP contribution is -2.35. The number of halogens is 1. The van der Waals surface area contributed by atoms with Crippen molar-refractivity contribution in [2.24, 2.45) is 4.99 Å². The average molecular weight is 469 g/mol. The second-order valence-electron chi connectivity index (χ2n) is 8.16. The number of nitrogens with one attached hydrogen (secondary N) is 1. The van der Waals surface area contributed by atoms with E-state index >= 15 is 0 Å². The monoisotopic (exact) mass is 468 g/mol. The first-order valence-corrected chi connectivity index (χ1v) is 12.1. The predicted molar refractivity (Wildman–Crippen MR) is 136 cm³/mol. The summed E-state index contributed by atoms with van der Waals surface area (Å²) < 4.78 is 0. The first-order chi connectivity index (χ1) is 16.0. The number of carbonyl (C=O) groups is 2. The summed E-state index contributed by atoms with van der Waals surface area (Å²) >= 11 is 6.52. The summed E-state index contributed by atoms with van der Waals surface area (Å²) in [6.07, 6.45) is 5.56. The van der Waals surface area contributed by atoms with Crippen molar-refractivity contribution in [3.05, 3.63) is 58.6 Å². The number of para-hydroxylation sites is 1. The Kier molecular flexibility index (Phi) is 9.31. The van der Waals surface area contributed by atoms with E-state index in [1.165, 1.54) is 12.8 Å². The Morgan fingerprint density at radius 3 is 2.58 bits per heavy atom. The molecule has 7 heteroatoms. The molecule has 3 rings (SSSR count). The Labute approximate surface area is 201 Å². The fraction of sp³-hybridized carbons (Fsp3) is 0.423. The summed E-state index contributed by atoms with van der Waals surface area (Å²) in [6.45, 7) is 7.60. The summed E-state index contributed by atoms with van der Waals surface area (Å²) in [5.41, 5.74) is 2.80. The molecular weight excluding hydrogens is 436 g/mol. The number of aliphatic imine (C=N–C) groups is 1. The average Bonchev–Trinajstić information content (AvgIpc) is 3.36. The molecule has 0 bridgehead atoms.